The van der Waals surface area contributed by atoms with E-state index in [0.717, 1.165) is 50.3 Å². The number of fused-ring (bicyclic) bond motifs is 9. The third kappa shape index (κ3) is 3.35. The molecule has 0 radical (unpaired) electrons. The first-order valence-electron chi connectivity index (χ1n) is 15.1. The highest BCUT2D eigenvalue weighted by Gasteiger charge is 2.67. The van der Waals surface area contributed by atoms with Gasteiger partial charge in [0.15, 0.2) is 5.60 Å². The predicted octanol–water partition coefficient (Wildman–Crippen LogP) is 10.1. The molecule has 208 valence electrons. The number of benzene rings is 7. The third-order valence-corrected chi connectivity index (χ3v) is 9.16. The molecule has 0 fully saturated rings. The molecule has 2 bridgehead atoms. The SMILES string of the molecule is c1ccc(OC23OC(c4ccccc4)(c4ccccc42)c2c3c(-c3ccccc3)c3ccccc3c2-c2ccccc2)cc1. The monoisotopic (exact) mass is 564 g/mol. The van der Waals surface area contributed by atoms with Crippen LogP contribution in [0.2, 0.25) is 0 Å². The molecule has 44 heavy (non-hydrogen) atoms. The average molecular weight is 565 g/mol. The Hall–Kier alpha value is -5.44. The van der Waals surface area contributed by atoms with Crippen LogP contribution in [0.3, 0.4) is 0 Å². The topological polar surface area (TPSA) is 18.5 Å². The fourth-order valence-corrected chi connectivity index (χ4v) is 7.52. The van der Waals surface area contributed by atoms with Crippen molar-refractivity contribution < 1.29 is 9.47 Å². The zero-order valence-corrected chi connectivity index (χ0v) is 24.0. The van der Waals surface area contributed by atoms with Crippen LogP contribution in [0.1, 0.15) is 27.8 Å². The maximum atomic E-state index is 7.65. The van der Waals surface area contributed by atoms with E-state index in [1.807, 2.05) is 30.3 Å². The Morgan fingerprint density at radius 1 is 0.409 bits per heavy atom. The van der Waals surface area contributed by atoms with Crippen LogP contribution in [0, 0.1) is 0 Å². The highest BCUT2D eigenvalue weighted by atomic mass is 16.7. The van der Waals surface area contributed by atoms with E-state index in [0.29, 0.717) is 0 Å². The van der Waals surface area contributed by atoms with Crippen molar-refractivity contribution in [1.29, 1.82) is 0 Å². The van der Waals surface area contributed by atoms with E-state index in [-0.39, 0.29) is 0 Å². The quantitative estimate of drug-likeness (QED) is 0.207. The Bertz CT molecular complexity index is 2160. The van der Waals surface area contributed by atoms with Crippen molar-refractivity contribution in [3.8, 4) is 28.0 Å². The van der Waals surface area contributed by atoms with E-state index in [1.54, 1.807) is 0 Å². The predicted molar refractivity (Wildman–Crippen MR) is 177 cm³/mol. The lowest BCUT2D eigenvalue weighted by Gasteiger charge is -2.34. The number of rotatable bonds is 5. The van der Waals surface area contributed by atoms with Gasteiger partial charge in [0.2, 0.25) is 0 Å². The Kier molecular flexibility index (Phi) is 5.44. The van der Waals surface area contributed by atoms with Crippen molar-refractivity contribution >= 4 is 10.8 Å². The summed E-state index contributed by atoms with van der Waals surface area (Å²) in [6.07, 6.45) is 0. The van der Waals surface area contributed by atoms with Crippen LogP contribution in [0.25, 0.3) is 33.0 Å². The molecule has 9 rings (SSSR count). The van der Waals surface area contributed by atoms with E-state index in [2.05, 4.69) is 140 Å². The highest BCUT2D eigenvalue weighted by Crippen LogP contribution is 2.68. The van der Waals surface area contributed by atoms with Crippen LogP contribution in [0.5, 0.6) is 5.75 Å². The van der Waals surface area contributed by atoms with Crippen LogP contribution in [-0.2, 0) is 16.1 Å². The molecule has 2 nitrogen and oxygen atoms in total. The summed E-state index contributed by atoms with van der Waals surface area (Å²) in [7, 11) is 0. The van der Waals surface area contributed by atoms with E-state index in [4.69, 9.17) is 9.47 Å². The molecule has 0 N–H and O–H groups in total. The summed E-state index contributed by atoms with van der Waals surface area (Å²) in [4.78, 5) is 0. The third-order valence-electron chi connectivity index (χ3n) is 9.16. The van der Waals surface area contributed by atoms with Gasteiger partial charge in [0, 0.05) is 27.8 Å². The van der Waals surface area contributed by atoms with Gasteiger partial charge in [-0.2, -0.15) is 0 Å². The van der Waals surface area contributed by atoms with Gasteiger partial charge in [-0.15, -0.1) is 0 Å². The van der Waals surface area contributed by atoms with Crippen LogP contribution in [0.4, 0.5) is 0 Å². The van der Waals surface area contributed by atoms with Gasteiger partial charge in [0.25, 0.3) is 5.79 Å². The molecule has 0 saturated carbocycles. The van der Waals surface area contributed by atoms with Crippen LogP contribution in [-0.4, -0.2) is 0 Å². The van der Waals surface area contributed by atoms with Crippen LogP contribution < -0.4 is 4.74 Å². The summed E-state index contributed by atoms with van der Waals surface area (Å²) in [5.41, 5.74) is 9.12. The van der Waals surface area contributed by atoms with Gasteiger partial charge in [-0.1, -0.05) is 158 Å². The van der Waals surface area contributed by atoms with E-state index < -0.39 is 11.4 Å². The Morgan fingerprint density at radius 2 is 0.864 bits per heavy atom. The fraction of sp³-hybridized carbons (Fsp3) is 0.0476. The Balaban J connectivity index is 1.54. The molecule has 0 spiro atoms. The van der Waals surface area contributed by atoms with Crippen molar-refractivity contribution in [3.63, 3.8) is 0 Å². The molecular formula is C42H28O2. The van der Waals surface area contributed by atoms with Gasteiger partial charge in [0.05, 0.1) is 0 Å². The van der Waals surface area contributed by atoms with Gasteiger partial charge in [-0.05, 0) is 45.2 Å². The van der Waals surface area contributed by atoms with Crippen molar-refractivity contribution in [1.82, 2.24) is 0 Å². The normalized spacial score (nSPS) is 19.5. The Morgan fingerprint density at radius 3 is 1.45 bits per heavy atom. The molecule has 0 amide bonds. The largest absolute Gasteiger partial charge is 0.453 e. The number of hydrogen-bond donors (Lipinski definition) is 0. The summed E-state index contributed by atoms with van der Waals surface area (Å²) >= 11 is 0. The van der Waals surface area contributed by atoms with Crippen LogP contribution in [0.15, 0.2) is 170 Å². The molecule has 2 atom stereocenters. The Labute approximate surface area is 256 Å². The minimum absolute atomic E-state index is 0.757. The molecule has 2 aliphatic heterocycles. The molecule has 2 aliphatic rings. The van der Waals surface area contributed by atoms with Gasteiger partial charge in [-0.3, -0.25) is 0 Å². The van der Waals surface area contributed by atoms with Crippen molar-refractivity contribution in [3.05, 3.63) is 198 Å². The van der Waals surface area contributed by atoms with E-state index >= 15 is 0 Å². The molecule has 7 aromatic carbocycles. The fourth-order valence-electron chi connectivity index (χ4n) is 7.52. The zero-order chi connectivity index (χ0) is 29.1. The first-order valence-corrected chi connectivity index (χ1v) is 15.1. The standard InChI is InChI=1S/C42H28O2/c1-5-17-29(18-6-1)37-33-25-13-14-26-34(33)38(30-19-7-2-8-20-30)40-39(37)41(31-21-9-3-10-22-31)35-27-15-16-28-36(35)42(40,44-41)43-32-23-11-4-12-24-32/h1-28H. The smallest absolute Gasteiger partial charge is 0.267 e. The van der Waals surface area contributed by atoms with Crippen molar-refractivity contribution in [2.75, 3.05) is 0 Å². The summed E-state index contributed by atoms with van der Waals surface area (Å²) in [6, 6.07) is 59.6. The summed E-state index contributed by atoms with van der Waals surface area (Å²) < 4.78 is 14.9. The molecule has 0 aromatic heterocycles. The molecule has 0 aliphatic carbocycles. The van der Waals surface area contributed by atoms with Gasteiger partial charge in [-0.25, -0.2) is 0 Å². The van der Waals surface area contributed by atoms with Gasteiger partial charge in [0.1, 0.15) is 5.75 Å². The van der Waals surface area contributed by atoms with Crippen LogP contribution >= 0.6 is 0 Å². The first kappa shape index (κ1) is 25.1. The maximum absolute atomic E-state index is 7.65. The molecular weight excluding hydrogens is 536 g/mol. The highest BCUT2D eigenvalue weighted by molar-refractivity contribution is 6.10. The summed E-state index contributed by atoms with van der Waals surface area (Å²) in [5.74, 6) is -0.436. The first-order chi connectivity index (χ1) is 21.8. The molecule has 0 saturated heterocycles. The number of hydrogen-bond acceptors (Lipinski definition) is 2. The molecule has 2 heterocycles. The van der Waals surface area contributed by atoms with E-state index in [1.165, 1.54) is 16.3 Å². The second-order valence-electron chi connectivity index (χ2n) is 11.5. The number of para-hydroxylation sites is 1. The van der Waals surface area contributed by atoms with Gasteiger partial charge >= 0.3 is 0 Å². The van der Waals surface area contributed by atoms with E-state index in [9.17, 15) is 0 Å². The minimum atomic E-state index is -1.19. The second kappa shape index (κ2) is 9.54. The summed E-state index contributed by atoms with van der Waals surface area (Å²) in [6.45, 7) is 0. The molecule has 2 heteroatoms. The average Bonchev–Trinajstić information content (AvgIpc) is 3.56. The lowest BCUT2D eigenvalue weighted by molar-refractivity contribution is -0.169. The lowest BCUT2D eigenvalue weighted by atomic mass is 9.67. The summed E-state index contributed by atoms with van der Waals surface area (Å²) in [5, 5.41) is 2.36. The molecule has 2 unspecified atom stereocenters. The second-order valence-corrected chi connectivity index (χ2v) is 11.5. The molecule has 7 aromatic rings. The van der Waals surface area contributed by atoms with Crippen molar-refractivity contribution in [2.45, 2.75) is 11.4 Å². The lowest BCUT2D eigenvalue weighted by Crippen LogP contribution is -2.33. The minimum Gasteiger partial charge on any atom is -0.453 e. The maximum Gasteiger partial charge on any atom is 0.267 e. The van der Waals surface area contributed by atoms with Gasteiger partial charge < -0.3 is 9.47 Å². The number of ether oxygens (including phenoxy) is 2. The zero-order valence-electron chi connectivity index (χ0n) is 24.0. The van der Waals surface area contributed by atoms with Crippen molar-refractivity contribution in [2.24, 2.45) is 0 Å².